The van der Waals surface area contributed by atoms with Crippen molar-refractivity contribution in [1.82, 2.24) is 0 Å². The minimum atomic E-state index is 0.0706. The first kappa shape index (κ1) is 21.2. The van der Waals surface area contributed by atoms with Gasteiger partial charge in [0.25, 0.3) is 0 Å². The van der Waals surface area contributed by atoms with Gasteiger partial charge < -0.3 is 10.1 Å². The zero-order valence-electron chi connectivity index (χ0n) is 17.4. The molecule has 1 fully saturated rings. The lowest BCUT2D eigenvalue weighted by atomic mass is 9.75. The number of ether oxygens (including phenoxy) is 1. The summed E-state index contributed by atoms with van der Waals surface area (Å²) in [5.41, 5.74) is 1.36. The van der Waals surface area contributed by atoms with Gasteiger partial charge in [-0.1, -0.05) is 56.7 Å². The van der Waals surface area contributed by atoms with E-state index in [4.69, 9.17) is 4.74 Å². The Kier molecular flexibility index (Phi) is 8.87. The molecule has 1 aromatic carbocycles. The quantitative estimate of drug-likeness (QED) is 0.591. The molecule has 2 rings (SSSR count). The molecular formula is C24H40NO+. The van der Waals surface area contributed by atoms with Gasteiger partial charge in [0, 0.05) is 6.61 Å². The lowest BCUT2D eigenvalue weighted by molar-refractivity contribution is -0.647. The van der Waals surface area contributed by atoms with Crippen LogP contribution in [0.2, 0.25) is 0 Å². The summed E-state index contributed by atoms with van der Waals surface area (Å²) < 4.78 is 5.95. The SMILES string of the molecule is CC(C)CC[C@@H](CC[NH2+]C/C=C/c1ccccc1)[C@H]1CCOC(C)(C)C1. The van der Waals surface area contributed by atoms with Gasteiger partial charge in [-0.2, -0.15) is 0 Å². The predicted molar refractivity (Wildman–Crippen MR) is 112 cm³/mol. The molecule has 0 bridgehead atoms. The molecule has 0 spiro atoms. The summed E-state index contributed by atoms with van der Waals surface area (Å²) >= 11 is 0. The van der Waals surface area contributed by atoms with Crippen molar-refractivity contribution in [2.75, 3.05) is 19.7 Å². The summed E-state index contributed by atoms with van der Waals surface area (Å²) in [5.74, 6) is 2.50. The van der Waals surface area contributed by atoms with E-state index >= 15 is 0 Å². The van der Waals surface area contributed by atoms with E-state index in [1.807, 2.05) is 0 Å². The Morgan fingerprint density at radius 1 is 1.15 bits per heavy atom. The van der Waals surface area contributed by atoms with Crippen molar-refractivity contribution in [3.8, 4) is 0 Å². The lowest BCUT2D eigenvalue weighted by Crippen LogP contribution is -2.84. The number of quaternary nitrogens is 1. The van der Waals surface area contributed by atoms with E-state index in [2.05, 4.69) is 75.5 Å². The molecule has 0 unspecified atom stereocenters. The molecule has 146 valence electrons. The summed E-state index contributed by atoms with van der Waals surface area (Å²) in [6.07, 6.45) is 11.1. The number of nitrogens with two attached hydrogens (primary N) is 1. The van der Waals surface area contributed by atoms with Crippen LogP contribution < -0.4 is 5.32 Å². The van der Waals surface area contributed by atoms with Gasteiger partial charge in [0.1, 0.15) is 0 Å². The maximum absolute atomic E-state index is 5.95. The van der Waals surface area contributed by atoms with Crippen molar-refractivity contribution in [2.24, 2.45) is 17.8 Å². The summed E-state index contributed by atoms with van der Waals surface area (Å²) in [4.78, 5) is 0. The fourth-order valence-electron chi connectivity index (χ4n) is 4.16. The third kappa shape index (κ3) is 8.05. The number of benzene rings is 1. The van der Waals surface area contributed by atoms with Gasteiger partial charge in [0.2, 0.25) is 0 Å². The molecule has 0 saturated carbocycles. The van der Waals surface area contributed by atoms with Crippen LogP contribution in [0.1, 0.15) is 65.4 Å². The minimum absolute atomic E-state index is 0.0706. The number of rotatable bonds is 10. The Balaban J connectivity index is 1.76. The minimum Gasteiger partial charge on any atom is -0.376 e. The molecule has 0 aliphatic carbocycles. The molecule has 1 saturated heterocycles. The molecular weight excluding hydrogens is 318 g/mol. The molecule has 0 aromatic heterocycles. The Morgan fingerprint density at radius 3 is 2.62 bits per heavy atom. The normalized spacial score (nSPS) is 21.3. The first-order valence-electron chi connectivity index (χ1n) is 10.6. The summed E-state index contributed by atoms with van der Waals surface area (Å²) in [5, 5.41) is 2.46. The first-order chi connectivity index (χ1) is 12.5. The van der Waals surface area contributed by atoms with Crippen LogP contribution in [0.25, 0.3) is 6.08 Å². The lowest BCUT2D eigenvalue weighted by Gasteiger charge is -2.39. The van der Waals surface area contributed by atoms with Gasteiger partial charge in [0.05, 0.1) is 18.7 Å². The second-order valence-electron chi connectivity index (χ2n) is 9.01. The molecule has 2 N–H and O–H groups in total. The smallest absolute Gasteiger partial charge is 0.0945 e. The van der Waals surface area contributed by atoms with Crippen molar-refractivity contribution in [2.45, 2.75) is 65.4 Å². The third-order valence-electron chi connectivity index (χ3n) is 5.67. The van der Waals surface area contributed by atoms with Crippen LogP contribution in [-0.4, -0.2) is 25.3 Å². The van der Waals surface area contributed by atoms with Crippen LogP contribution in [0.4, 0.5) is 0 Å². The first-order valence-corrected chi connectivity index (χ1v) is 10.6. The highest BCUT2D eigenvalue weighted by Gasteiger charge is 2.33. The topological polar surface area (TPSA) is 25.8 Å². The van der Waals surface area contributed by atoms with Crippen molar-refractivity contribution >= 4 is 6.08 Å². The average Bonchev–Trinajstić information content (AvgIpc) is 2.60. The molecule has 1 heterocycles. The maximum atomic E-state index is 5.95. The van der Waals surface area contributed by atoms with Crippen LogP contribution in [0.3, 0.4) is 0 Å². The Bertz CT molecular complexity index is 520. The van der Waals surface area contributed by atoms with E-state index in [1.54, 1.807) is 0 Å². The van der Waals surface area contributed by atoms with E-state index in [9.17, 15) is 0 Å². The van der Waals surface area contributed by atoms with E-state index in [0.29, 0.717) is 0 Å². The van der Waals surface area contributed by atoms with E-state index < -0.39 is 0 Å². The molecule has 2 atom stereocenters. The van der Waals surface area contributed by atoms with E-state index in [1.165, 1.54) is 44.2 Å². The molecule has 1 aliphatic rings. The highest BCUT2D eigenvalue weighted by molar-refractivity contribution is 5.48. The van der Waals surface area contributed by atoms with Gasteiger partial charge in [-0.3, -0.25) is 0 Å². The Labute approximate surface area is 161 Å². The maximum Gasteiger partial charge on any atom is 0.0945 e. The zero-order valence-corrected chi connectivity index (χ0v) is 17.4. The monoisotopic (exact) mass is 358 g/mol. The van der Waals surface area contributed by atoms with Crippen LogP contribution in [-0.2, 0) is 4.74 Å². The third-order valence-corrected chi connectivity index (χ3v) is 5.67. The zero-order chi connectivity index (χ0) is 18.8. The van der Waals surface area contributed by atoms with Crippen molar-refractivity contribution in [1.29, 1.82) is 0 Å². The van der Waals surface area contributed by atoms with Gasteiger partial charge in [-0.25, -0.2) is 0 Å². The molecule has 0 amide bonds. The van der Waals surface area contributed by atoms with Crippen molar-refractivity contribution in [3.63, 3.8) is 0 Å². The molecule has 1 aliphatic heterocycles. The van der Waals surface area contributed by atoms with E-state index in [-0.39, 0.29) is 5.60 Å². The summed E-state index contributed by atoms with van der Waals surface area (Å²) in [6, 6.07) is 10.6. The predicted octanol–water partition coefficient (Wildman–Crippen LogP) is 4.91. The molecule has 26 heavy (non-hydrogen) atoms. The molecule has 2 nitrogen and oxygen atoms in total. The van der Waals surface area contributed by atoms with Crippen LogP contribution in [0.15, 0.2) is 36.4 Å². The van der Waals surface area contributed by atoms with E-state index in [0.717, 1.165) is 30.9 Å². The Hall–Kier alpha value is -1.12. The second kappa shape index (κ2) is 10.9. The fraction of sp³-hybridized carbons (Fsp3) is 0.667. The van der Waals surface area contributed by atoms with Gasteiger partial charge in [-0.05, 0) is 68.9 Å². The van der Waals surface area contributed by atoms with Gasteiger partial charge in [-0.15, -0.1) is 0 Å². The number of hydrogen-bond acceptors (Lipinski definition) is 1. The highest BCUT2D eigenvalue weighted by atomic mass is 16.5. The summed E-state index contributed by atoms with van der Waals surface area (Å²) in [7, 11) is 0. The summed E-state index contributed by atoms with van der Waals surface area (Å²) in [6.45, 7) is 12.5. The van der Waals surface area contributed by atoms with Crippen LogP contribution >= 0.6 is 0 Å². The second-order valence-corrected chi connectivity index (χ2v) is 9.01. The van der Waals surface area contributed by atoms with Gasteiger partial charge in [0.15, 0.2) is 0 Å². The standard InChI is InChI=1S/C24H39NO/c1-20(2)12-13-22(23-15-18-26-24(3,4)19-23)14-17-25-16-8-11-21-9-6-5-7-10-21/h5-11,20,22-23,25H,12-19H2,1-4H3/p+1/b11-8+/t22-,23-/m0/s1. The molecule has 1 aromatic rings. The average molecular weight is 359 g/mol. The van der Waals surface area contributed by atoms with Crippen molar-refractivity contribution < 1.29 is 10.1 Å². The number of hydrogen-bond donors (Lipinski definition) is 1. The highest BCUT2D eigenvalue weighted by Crippen LogP contribution is 2.36. The molecule has 0 radical (unpaired) electrons. The largest absolute Gasteiger partial charge is 0.376 e. The molecule has 2 heteroatoms. The van der Waals surface area contributed by atoms with Gasteiger partial charge >= 0.3 is 0 Å². The Morgan fingerprint density at radius 2 is 1.92 bits per heavy atom. The van der Waals surface area contributed by atoms with Crippen LogP contribution in [0, 0.1) is 17.8 Å². The fourth-order valence-corrected chi connectivity index (χ4v) is 4.16. The van der Waals surface area contributed by atoms with Crippen molar-refractivity contribution in [3.05, 3.63) is 42.0 Å². The van der Waals surface area contributed by atoms with Crippen LogP contribution in [0.5, 0.6) is 0 Å².